The van der Waals surface area contributed by atoms with Gasteiger partial charge in [0.05, 0.1) is 23.3 Å². The number of hydrogen-bond acceptors (Lipinski definition) is 7. The molecule has 0 aliphatic heterocycles. The van der Waals surface area contributed by atoms with Crippen LogP contribution < -0.4 is 5.56 Å². The van der Waals surface area contributed by atoms with Gasteiger partial charge in [0.25, 0.3) is 5.56 Å². The molecule has 0 spiro atoms. The van der Waals surface area contributed by atoms with Crippen LogP contribution in [0.15, 0.2) is 46.0 Å². The van der Waals surface area contributed by atoms with E-state index in [0.29, 0.717) is 28.2 Å². The summed E-state index contributed by atoms with van der Waals surface area (Å²) in [6.07, 6.45) is 3.53. The maximum atomic E-state index is 12.9. The SMILES string of the molecule is CCCN(Cc1nnc(-c2ccccc2Cl)o1)C(=O)Cn1cnc2c(cnn2C)c1=O. The predicted molar refractivity (Wildman–Crippen MR) is 113 cm³/mol. The summed E-state index contributed by atoms with van der Waals surface area (Å²) in [5, 5.41) is 13.0. The Labute approximate surface area is 182 Å². The Bertz CT molecular complexity index is 1290. The summed E-state index contributed by atoms with van der Waals surface area (Å²) in [5.41, 5.74) is 0.775. The van der Waals surface area contributed by atoms with Crippen LogP contribution in [0.3, 0.4) is 0 Å². The predicted octanol–water partition coefficient (Wildman–Crippen LogP) is 2.27. The van der Waals surface area contributed by atoms with Crippen molar-refractivity contribution in [3.8, 4) is 11.5 Å². The van der Waals surface area contributed by atoms with Crippen LogP contribution in [0.1, 0.15) is 19.2 Å². The lowest BCUT2D eigenvalue weighted by Gasteiger charge is -2.20. The van der Waals surface area contributed by atoms with Crippen molar-refractivity contribution in [2.24, 2.45) is 7.05 Å². The van der Waals surface area contributed by atoms with Crippen molar-refractivity contribution in [2.45, 2.75) is 26.4 Å². The van der Waals surface area contributed by atoms with Crippen LogP contribution in [0.2, 0.25) is 5.02 Å². The Morgan fingerprint density at radius 2 is 2.06 bits per heavy atom. The van der Waals surface area contributed by atoms with E-state index in [1.165, 1.54) is 21.8 Å². The largest absolute Gasteiger partial charge is 0.419 e. The first-order valence-corrected chi connectivity index (χ1v) is 10.1. The third-order valence-electron chi connectivity index (χ3n) is 4.77. The molecule has 0 aliphatic rings. The Balaban J connectivity index is 1.53. The van der Waals surface area contributed by atoms with Crippen molar-refractivity contribution in [3.63, 3.8) is 0 Å². The Morgan fingerprint density at radius 3 is 2.84 bits per heavy atom. The second kappa shape index (κ2) is 8.68. The van der Waals surface area contributed by atoms with E-state index in [1.54, 1.807) is 24.1 Å². The smallest absolute Gasteiger partial charge is 0.264 e. The Morgan fingerprint density at radius 1 is 1.26 bits per heavy atom. The van der Waals surface area contributed by atoms with Crippen LogP contribution in [-0.2, 0) is 24.9 Å². The second-order valence-corrected chi connectivity index (χ2v) is 7.39. The van der Waals surface area contributed by atoms with E-state index in [-0.39, 0.29) is 36.3 Å². The van der Waals surface area contributed by atoms with Gasteiger partial charge in [-0.25, -0.2) is 4.98 Å². The lowest BCUT2D eigenvalue weighted by Crippen LogP contribution is -2.36. The van der Waals surface area contributed by atoms with Gasteiger partial charge in [-0.3, -0.25) is 18.8 Å². The number of amides is 1. The van der Waals surface area contributed by atoms with Gasteiger partial charge in [0.2, 0.25) is 17.7 Å². The summed E-state index contributed by atoms with van der Waals surface area (Å²) in [6.45, 7) is 2.41. The number of aromatic nitrogens is 6. The molecule has 0 bridgehead atoms. The highest BCUT2D eigenvalue weighted by Crippen LogP contribution is 2.26. The number of nitrogens with zero attached hydrogens (tertiary/aromatic N) is 7. The van der Waals surface area contributed by atoms with Crippen molar-refractivity contribution < 1.29 is 9.21 Å². The number of carbonyl (C=O) groups excluding carboxylic acids is 1. The van der Waals surface area contributed by atoms with Gasteiger partial charge in [-0.05, 0) is 18.6 Å². The third-order valence-corrected chi connectivity index (χ3v) is 5.10. The number of benzene rings is 1. The molecule has 4 aromatic rings. The fourth-order valence-electron chi connectivity index (χ4n) is 3.21. The first kappa shape index (κ1) is 20.7. The summed E-state index contributed by atoms with van der Waals surface area (Å²) in [4.78, 5) is 31.4. The van der Waals surface area contributed by atoms with Gasteiger partial charge in [0.1, 0.15) is 18.3 Å². The first-order chi connectivity index (χ1) is 15.0. The summed E-state index contributed by atoms with van der Waals surface area (Å²) in [5.74, 6) is 0.309. The van der Waals surface area contributed by atoms with Gasteiger partial charge in [-0.2, -0.15) is 5.10 Å². The van der Waals surface area contributed by atoms with Gasteiger partial charge in [0, 0.05) is 13.6 Å². The number of fused-ring (bicyclic) bond motifs is 1. The second-order valence-electron chi connectivity index (χ2n) is 6.98. The van der Waals surface area contributed by atoms with E-state index in [2.05, 4.69) is 20.3 Å². The molecule has 4 rings (SSSR count). The topological polar surface area (TPSA) is 112 Å². The molecule has 0 radical (unpaired) electrons. The van der Waals surface area contributed by atoms with Crippen LogP contribution in [0.4, 0.5) is 0 Å². The molecule has 0 atom stereocenters. The molecule has 0 aliphatic carbocycles. The van der Waals surface area contributed by atoms with Crippen LogP contribution >= 0.6 is 11.6 Å². The number of rotatable bonds is 7. The van der Waals surface area contributed by atoms with E-state index < -0.39 is 0 Å². The van der Waals surface area contributed by atoms with Crippen molar-refractivity contribution in [3.05, 3.63) is 58.1 Å². The lowest BCUT2D eigenvalue weighted by atomic mass is 10.2. The normalized spacial score (nSPS) is 11.2. The average molecular weight is 442 g/mol. The molecule has 3 heterocycles. The molecule has 1 amide bonds. The van der Waals surface area contributed by atoms with E-state index in [4.69, 9.17) is 16.0 Å². The minimum atomic E-state index is -0.318. The summed E-state index contributed by atoms with van der Waals surface area (Å²) in [7, 11) is 1.70. The summed E-state index contributed by atoms with van der Waals surface area (Å²) in [6, 6.07) is 7.15. The number of hydrogen-bond donors (Lipinski definition) is 0. The van der Waals surface area contributed by atoms with Crippen LogP contribution in [0, 0.1) is 0 Å². The fourth-order valence-corrected chi connectivity index (χ4v) is 3.43. The molecule has 1 aromatic carbocycles. The lowest BCUT2D eigenvalue weighted by molar-refractivity contribution is -0.132. The highest BCUT2D eigenvalue weighted by atomic mass is 35.5. The van der Waals surface area contributed by atoms with E-state index >= 15 is 0 Å². The van der Waals surface area contributed by atoms with Crippen LogP contribution in [-0.4, -0.2) is 46.9 Å². The molecular weight excluding hydrogens is 422 g/mol. The van der Waals surface area contributed by atoms with Gasteiger partial charge in [-0.1, -0.05) is 30.7 Å². The van der Waals surface area contributed by atoms with E-state index in [0.717, 1.165) is 6.42 Å². The van der Waals surface area contributed by atoms with Gasteiger partial charge in [-0.15, -0.1) is 10.2 Å². The zero-order valence-corrected chi connectivity index (χ0v) is 17.8. The molecule has 0 fully saturated rings. The maximum Gasteiger partial charge on any atom is 0.264 e. The number of aryl methyl sites for hydroxylation is 1. The minimum Gasteiger partial charge on any atom is -0.419 e. The standard InChI is InChI=1S/C20H20ClN7O3/c1-3-8-27(10-16-24-25-19(31-16)13-6-4-5-7-15(13)21)17(29)11-28-12-22-18-14(20(28)30)9-23-26(18)2/h4-7,9,12H,3,8,10-11H2,1-2H3. The van der Waals surface area contributed by atoms with Gasteiger partial charge >= 0.3 is 0 Å². The molecule has 0 unspecified atom stereocenters. The van der Waals surface area contributed by atoms with E-state index in [1.807, 2.05) is 19.1 Å². The highest BCUT2D eigenvalue weighted by molar-refractivity contribution is 6.33. The van der Waals surface area contributed by atoms with Crippen LogP contribution in [0.25, 0.3) is 22.5 Å². The number of halogens is 1. The first-order valence-electron chi connectivity index (χ1n) is 9.70. The maximum absolute atomic E-state index is 12.9. The quantitative estimate of drug-likeness (QED) is 0.432. The molecule has 31 heavy (non-hydrogen) atoms. The molecule has 11 heteroatoms. The van der Waals surface area contributed by atoms with Gasteiger partial charge < -0.3 is 9.32 Å². The van der Waals surface area contributed by atoms with Crippen molar-refractivity contribution in [1.82, 2.24) is 34.4 Å². The van der Waals surface area contributed by atoms with Crippen molar-refractivity contribution in [2.75, 3.05) is 6.54 Å². The summed E-state index contributed by atoms with van der Waals surface area (Å²) >= 11 is 6.19. The monoisotopic (exact) mass is 441 g/mol. The molecule has 0 saturated carbocycles. The molecular formula is C20H20ClN7O3. The van der Waals surface area contributed by atoms with Gasteiger partial charge in [0.15, 0.2) is 5.65 Å². The third kappa shape index (κ3) is 4.19. The van der Waals surface area contributed by atoms with Crippen molar-refractivity contribution in [1.29, 1.82) is 0 Å². The molecule has 10 nitrogen and oxygen atoms in total. The molecule has 0 saturated heterocycles. The number of carbonyl (C=O) groups is 1. The zero-order valence-electron chi connectivity index (χ0n) is 17.0. The van der Waals surface area contributed by atoms with Crippen LogP contribution in [0.5, 0.6) is 0 Å². The molecule has 0 N–H and O–H groups in total. The van der Waals surface area contributed by atoms with E-state index in [9.17, 15) is 9.59 Å². The summed E-state index contributed by atoms with van der Waals surface area (Å²) < 4.78 is 8.51. The highest BCUT2D eigenvalue weighted by Gasteiger charge is 2.20. The zero-order chi connectivity index (χ0) is 22.0. The Kier molecular flexibility index (Phi) is 5.81. The minimum absolute atomic E-state index is 0.126. The Hall–Kier alpha value is -3.53. The average Bonchev–Trinajstić information content (AvgIpc) is 3.37. The molecule has 3 aromatic heterocycles. The molecule has 160 valence electrons. The van der Waals surface area contributed by atoms with Crippen molar-refractivity contribution >= 4 is 28.5 Å². The fraction of sp³-hybridized carbons (Fsp3) is 0.300.